The van der Waals surface area contributed by atoms with Crippen LogP contribution in [0.1, 0.15) is 71.6 Å². The van der Waals surface area contributed by atoms with Crippen molar-refractivity contribution < 1.29 is 19.1 Å². The molecular weight excluding hydrogens is 270 g/mol. The van der Waals surface area contributed by atoms with Crippen LogP contribution in [0.4, 0.5) is 4.79 Å². The highest BCUT2D eigenvalue weighted by molar-refractivity contribution is 5.69. The van der Waals surface area contributed by atoms with E-state index in [-0.39, 0.29) is 12.1 Å². The van der Waals surface area contributed by atoms with Crippen LogP contribution in [0.3, 0.4) is 0 Å². The summed E-state index contributed by atoms with van der Waals surface area (Å²) in [6.07, 6.45) is 7.77. The number of amides is 1. The first-order chi connectivity index (χ1) is 10.2. The quantitative estimate of drug-likeness (QED) is 0.415. The van der Waals surface area contributed by atoms with E-state index in [1.165, 1.54) is 0 Å². The van der Waals surface area contributed by atoms with Gasteiger partial charge in [-0.15, -0.1) is 0 Å². The van der Waals surface area contributed by atoms with Crippen molar-refractivity contribution in [1.29, 1.82) is 0 Å². The van der Waals surface area contributed by atoms with Gasteiger partial charge in [0.2, 0.25) is 0 Å². The van der Waals surface area contributed by atoms with Crippen LogP contribution in [0.5, 0.6) is 0 Å². The van der Waals surface area contributed by atoms with Crippen molar-refractivity contribution >= 4 is 12.1 Å². The monoisotopic (exact) mass is 301 g/mol. The van der Waals surface area contributed by atoms with Gasteiger partial charge in [0.25, 0.3) is 0 Å². The molecule has 0 rings (SSSR count). The summed E-state index contributed by atoms with van der Waals surface area (Å²) >= 11 is 0. The van der Waals surface area contributed by atoms with Crippen LogP contribution in [0.15, 0.2) is 0 Å². The van der Waals surface area contributed by atoms with Crippen LogP contribution in [0.2, 0.25) is 0 Å². The smallest absolute Gasteiger partial charge is 0.407 e. The molecule has 0 atom stereocenters. The predicted molar refractivity (Wildman–Crippen MR) is 83.2 cm³/mol. The molecule has 5 heteroatoms. The van der Waals surface area contributed by atoms with E-state index in [4.69, 9.17) is 9.47 Å². The SMILES string of the molecule is CCCCCOC(=O)CCCCCNC(=O)OCCCC. The third-order valence-corrected chi connectivity index (χ3v) is 3.07. The molecule has 1 amide bonds. The van der Waals surface area contributed by atoms with Gasteiger partial charge in [-0.05, 0) is 25.7 Å². The summed E-state index contributed by atoms with van der Waals surface area (Å²) in [5.74, 6) is -0.113. The Morgan fingerprint density at radius 3 is 2.24 bits per heavy atom. The first-order valence-corrected chi connectivity index (χ1v) is 8.27. The number of hydrogen-bond donors (Lipinski definition) is 1. The molecule has 0 aliphatic heterocycles. The molecule has 1 N–H and O–H groups in total. The Kier molecular flexibility index (Phi) is 14.2. The highest BCUT2D eigenvalue weighted by Gasteiger charge is 2.03. The molecule has 0 unspecified atom stereocenters. The Labute approximate surface area is 128 Å². The summed E-state index contributed by atoms with van der Waals surface area (Å²) in [7, 11) is 0. The summed E-state index contributed by atoms with van der Waals surface area (Å²) in [6, 6.07) is 0. The second kappa shape index (κ2) is 15.1. The number of alkyl carbamates (subject to hydrolysis) is 1. The molecule has 0 saturated heterocycles. The fourth-order valence-corrected chi connectivity index (χ4v) is 1.73. The van der Waals surface area contributed by atoms with E-state index in [1.54, 1.807) is 0 Å². The number of nitrogens with one attached hydrogen (secondary N) is 1. The lowest BCUT2D eigenvalue weighted by Crippen LogP contribution is -2.25. The standard InChI is InChI=1S/C16H31NO4/c1-3-5-10-14-20-15(18)11-8-7-9-12-17-16(19)21-13-6-4-2/h3-14H2,1-2H3,(H,17,19). The first kappa shape index (κ1) is 19.7. The molecule has 21 heavy (non-hydrogen) atoms. The molecule has 0 radical (unpaired) electrons. The maximum absolute atomic E-state index is 11.4. The number of rotatable bonds is 13. The molecule has 0 aromatic heterocycles. The van der Waals surface area contributed by atoms with Crippen molar-refractivity contribution in [3.05, 3.63) is 0 Å². The van der Waals surface area contributed by atoms with Gasteiger partial charge >= 0.3 is 12.1 Å². The van der Waals surface area contributed by atoms with Gasteiger partial charge in [-0.3, -0.25) is 4.79 Å². The minimum absolute atomic E-state index is 0.113. The Hall–Kier alpha value is -1.26. The molecule has 0 saturated carbocycles. The molecule has 5 nitrogen and oxygen atoms in total. The Balaban J connectivity index is 3.27. The normalized spacial score (nSPS) is 10.2. The molecule has 0 aromatic rings. The van der Waals surface area contributed by atoms with Gasteiger partial charge < -0.3 is 14.8 Å². The summed E-state index contributed by atoms with van der Waals surface area (Å²) < 4.78 is 10.1. The van der Waals surface area contributed by atoms with Gasteiger partial charge in [-0.2, -0.15) is 0 Å². The first-order valence-electron chi connectivity index (χ1n) is 8.27. The van der Waals surface area contributed by atoms with Crippen LogP contribution < -0.4 is 5.32 Å². The topological polar surface area (TPSA) is 64.6 Å². The van der Waals surface area contributed by atoms with Crippen molar-refractivity contribution in [3.63, 3.8) is 0 Å². The molecule has 0 fully saturated rings. The lowest BCUT2D eigenvalue weighted by atomic mass is 10.2. The summed E-state index contributed by atoms with van der Waals surface area (Å²) in [5, 5.41) is 2.70. The van der Waals surface area contributed by atoms with Crippen LogP contribution in [0.25, 0.3) is 0 Å². The summed E-state index contributed by atoms with van der Waals surface area (Å²) in [6.45, 7) is 5.78. The maximum Gasteiger partial charge on any atom is 0.407 e. The fourth-order valence-electron chi connectivity index (χ4n) is 1.73. The third-order valence-electron chi connectivity index (χ3n) is 3.07. The van der Waals surface area contributed by atoms with Crippen molar-refractivity contribution in [2.75, 3.05) is 19.8 Å². The second-order valence-corrected chi connectivity index (χ2v) is 5.15. The van der Waals surface area contributed by atoms with Gasteiger partial charge in [0.1, 0.15) is 0 Å². The zero-order valence-corrected chi connectivity index (χ0v) is 13.6. The van der Waals surface area contributed by atoms with Crippen molar-refractivity contribution in [1.82, 2.24) is 5.32 Å². The molecule has 0 aromatic carbocycles. The van der Waals surface area contributed by atoms with Crippen molar-refractivity contribution in [3.8, 4) is 0 Å². The van der Waals surface area contributed by atoms with Gasteiger partial charge in [0, 0.05) is 13.0 Å². The van der Waals surface area contributed by atoms with E-state index in [2.05, 4.69) is 19.2 Å². The number of ether oxygens (including phenoxy) is 2. The van der Waals surface area contributed by atoms with Crippen LogP contribution in [-0.2, 0) is 14.3 Å². The number of carbonyl (C=O) groups is 2. The van der Waals surface area contributed by atoms with Crippen molar-refractivity contribution in [2.24, 2.45) is 0 Å². The van der Waals surface area contributed by atoms with Gasteiger partial charge in [-0.25, -0.2) is 4.79 Å². The number of esters is 1. The van der Waals surface area contributed by atoms with E-state index in [1.807, 2.05) is 0 Å². The van der Waals surface area contributed by atoms with Gasteiger partial charge in [-0.1, -0.05) is 39.5 Å². The minimum atomic E-state index is -0.348. The van der Waals surface area contributed by atoms with Gasteiger partial charge in [0.15, 0.2) is 0 Å². The van der Waals surface area contributed by atoms with Crippen molar-refractivity contribution in [2.45, 2.75) is 71.6 Å². The second-order valence-electron chi connectivity index (χ2n) is 5.15. The van der Waals surface area contributed by atoms with E-state index in [9.17, 15) is 9.59 Å². The highest BCUT2D eigenvalue weighted by Crippen LogP contribution is 2.02. The highest BCUT2D eigenvalue weighted by atomic mass is 16.5. The Bertz CT molecular complexity index is 269. The Morgan fingerprint density at radius 1 is 0.810 bits per heavy atom. The molecule has 124 valence electrons. The fraction of sp³-hybridized carbons (Fsp3) is 0.875. The maximum atomic E-state index is 11.4. The Morgan fingerprint density at radius 2 is 1.52 bits per heavy atom. The van der Waals surface area contributed by atoms with E-state index in [0.29, 0.717) is 26.2 Å². The molecule has 0 heterocycles. The van der Waals surface area contributed by atoms with E-state index < -0.39 is 0 Å². The minimum Gasteiger partial charge on any atom is -0.466 e. The number of unbranched alkanes of at least 4 members (excludes halogenated alkanes) is 5. The average molecular weight is 301 g/mol. The lowest BCUT2D eigenvalue weighted by Gasteiger charge is -2.06. The summed E-state index contributed by atoms with van der Waals surface area (Å²) in [5.41, 5.74) is 0. The third kappa shape index (κ3) is 15.0. The molecule has 0 aliphatic carbocycles. The number of hydrogen-bond acceptors (Lipinski definition) is 4. The van der Waals surface area contributed by atoms with E-state index >= 15 is 0 Å². The molecule has 0 spiro atoms. The van der Waals surface area contributed by atoms with E-state index in [0.717, 1.165) is 51.4 Å². The molecule has 0 aliphatic rings. The van der Waals surface area contributed by atoms with Gasteiger partial charge in [0.05, 0.1) is 13.2 Å². The zero-order chi connectivity index (χ0) is 15.8. The molecular formula is C16H31NO4. The predicted octanol–water partition coefficient (Wildman–Crippen LogP) is 3.81. The zero-order valence-electron chi connectivity index (χ0n) is 13.6. The van der Waals surface area contributed by atoms with Crippen LogP contribution in [0, 0.1) is 0 Å². The lowest BCUT2D eigenvalue weighted by molar-refractivity contribution is -0.143. The molecule has 0 bridgehead atoms. The van der Waals surface area contributed by atoms with Crippen LogP contribution >= 0.6 is 0 Å². The number of carbonyl (C=O) groups excluding carboxylic acids is 2. The average Bonchev–Trinajstić information content (AvgIpc) is 2.47. The van der Waals surface area contributed by atoms with Crippen LogP contribution in [-0.4, -0.2) is 31.8 Å². The summed E-state index contributed by atoms with van der Waals surface area (Å²) in [4.78, 5) is 22.6. The largest absolute Gasteiger partial charge is 0.466 e.